The average Bonchev–Trinajstić information content (AvgIpc) is 2.08. The number of aryl methyl sites for hydroxylation is 1. The second-order valence-electron chi connectivity index (χ2n) is 3.11. The summed E-state index contributed by atoms with van der Waals surface area (Å²) in [5.41, 5.74) is 2.13. The van der Waals surface area contributed by atoms with Crippen molar-refractivity contribution >= 4 is 0 Å². The number of hydrogen-bond acceptors (Lipinski definition) is 3. The van der Waals surface area contributed by atoms with E-state index in [0.29, 0.717) is 12.5 Å². The van der Waals surface area contributed by atoms with Crippen molar-refractivity contribution in [3.63, 3.8) is 0 Å². The molecule has 0 spiro atoms. The molecule has 13 heavy (non-hydrogen) atoms. The Kier molecular flexibility index (Phi) is 3.43. The molecule has 0 N–H and O–H groups in total. The largest absolute Gasteiger partial charge is 0.472 e. The highest BCUT2D eigenvalue weighted by atomic mass is 16.5. The topological polar surface area (TPSA) is 35.0 Å². The zero-order valence-corrected chi connectivity index (χ0v) is 8.24. The lowest BCUT2D eigenvalue weighted by Gasteiger charge is -2.00. The number of rotatable bonds is 3. The van der Waals surface area contributed by atoms with Crippen LogP contribution in [0.5, 0.6) is 5.88 Å². The zero-order valence-electron chi connectivity index (χ0n) is 8.24. The van der Waals surface area contributed by atoms with Gasteiger partial charge in [0.15, 0.2) is 0 Å². The van der Waals surface area contributed by atoms with Crippen molar-refractivity contribution in [3.05, 3.63) is 29.5 Å². The summed E-state index contributed by atoms with van der Waals surface area (Å²) in [5, 5.41) is 7.75. The molecule has 70 valence electrons. The van der Waals surface area contributed by atoms with Crippen LogP contribution < -0.4 is 4.74 Å². The van der Waals surface area contributed by atoms with Gasteiger partial charge in [0.1, 0.15) is 6.61 Å². The second-order valence-corrected chi connectivity index (χ2v) is 3.11. The summed E-state index contributed by atoms with van der Waals surface area (Å²) < 4.78 is 5.32. The summed E-state index contributed by atoms with van der Waals surface area (Å²) in [7, 11) is 0. The highest BCUT2D eigenvalue weighted by molar-refractivity contribution is 5.10. The van der Waals surface area contributed by atoms with Gasteiger partial charge in [-0.3, -0.25) is 0 Å². The molecule has 0 atom stereocenters. The van der Waals surface area contributed by atoms with Crippen LogP contribution in [0, 0.1) is 6.92 Å². The van der Waals surface area contributed by atoms with Gasteiger partial charge in [-0.05, 0) is 32.9 Å². The molecule has 0 aliphatic rings. The summed E-state index contributed by atoms with van der Waals surface area (Å²) in [6.45, 7) is 6.52. The van der Waals surface area contributed by atoms with Crippen molar-refractivity contribution in [1.82, 2.24) is 10.2 Å². The predicted octanol–water partition coefficient (Wildman–Crippen LogP) is 2.13. The molecule has 0 fully saturated rings. The van der Waals surface area contributed by atoms with E-state index in [2.05, 4.69) is 10.2 Å². The molecule has 0 aromatic carbocycles. The molecule has 0 unspecified atom stereocenters. The number of nitrogens with zero attached hydrogens (tertiary/aromatic N) is 2. The molecule has 0 bridgehead atoms. The molecule has 0 aliphatic heterocycles. The first-order chi connectivity index (χ1) is 6.18. The Morgan fingerprint density at radius 2 is 2.15 bits per heavy atom. The van der Waals surface area contributed by atoms with E-state index < -0.39 is 0 Å². The van der Waals surface area contributed by atoms with Gasteiger partial charge >= 0.3 is 0 Å². The van der Waals surface area contributed by atoms with E-state index in [-0.39, 0.29) is 0 Å². The third-order valence-electron chi connectivity index (χ3n) is 1.50. The average molecular weight is 178 g/mol. The van der Waals surface area contributed by atoms with Gasteiger partial charge in [0.05, 0.1) is 5.69 Å². The molecule has 0 saturated carbocycles. The SMILES string of the molecule is CC(C)=CCOc1ccc(C)nn1. The van der Waals surface area contributed by atoms with E-state index in [0.717, 1.165) is 5.69 Å². The van der Waals surface area contributed by atoms with Crippen LogP contribution in [0.1, 0.15) is 19.5 Å². The van der Waals surface area contributed by atoms with Gasteiger partial charge in [-0.2, -0.15) is 5.10 Å². The van der Waals surface area contributed by atoms with E-state index in [9.17, 15) is 0 Å². The normalized spacial score (nSPS) is 9.46. The minimum atomic E-state index is 0.556. The first-order valence-corrected chi connectivity index (χ1v) is 4.25. The molecular weight excluding hydrogens is 164 g/mol. The van der Waals surface area contributed by atoms with Crippen LogP contribution in [0.25, 0.3) is 0 Å². The van der Waals surface area contributed by atoms with E-state index >= 15 is 0 Å². The van der Waals surface area contributed by atoms with Gasteiger partial charge in [0, 0.05) is 6.07 Å². The van der Waals surface area contributed by atoms with Crippen molar-refractivity contribution in [2.45, 2.75) is 20.8 Å². The number of aromatic nitrogens is 2. The Hall–Kier alpha value is -1.38. The van der Waals surface area contributed by atoms with Crippen LogP contribution in [-0.2, 0) is 0 Å². The maximum Gasteiger partial charge on any atom is 0.233 e. The standard InChI is InChI=1S/C10H14N2O/c1-8(2)6-7-13-10-5-4-9(3)11-12-10/h4-6H,7H2,1-3H3. The van der Waals surface area contributed by atoms with Gasteiger partial charge in [-0.15, -0.1) is 5.10 Å². The van der Waals surface area contributed by atoms with Crippen molar-refractivity contribution < 1.29 is 4.74 Å². The molecule has 0 amide bonds. The molecule has 0 aliphatic carbocycles. The molecule has 1 rings (SSSR count). The molecule has 1 aromatic heterocycles. The molecule has 1 aromatic rings. The fraction of sp³-hybridized carbons (Fsp3) is 0.400. The van der Waals surface area contributed by atoms with E-state index in [1.807, 2.05) is 39.0 Å². The minimum Gasteiger partial charge on any atom is -0.472 e. The second kappa shape index (κ2) is 4.60. The number of allylic oxidation sites excluding steroid dienone is 1. The summed E-state index contributed by atoms with van der Waals surface area (Å²) in [6.07, 6.45) is 2.00. The molecule has 1 heterocycles. The number of hydrogen-bond donors (Lipinski definition) is 0. The Balaban J connectivity index is 2.46. The molecule has 0 radical (unpaired) electrons. The van der Waals surface area contributed by atoms with Crippen LogP contribution >= 0.6 is 0 Å². The third kappa shape index (κ3) is 3.69. The summed E-state index contributed by atoms with van der Waals surface area (Å²) in [6, 6.07) is 3.70. The summed E-state index contributed by atoms with van der Waals surface area (Å²) in [5.74, 6) is 0.572. The zero-order chi connectivity index (χ0) is 9.68. The highest BCUT2D eigenvalue weighted by Gasteiger charge is 1.93. The van der Waals surface area contributed by atoms with Crippen molar-refractivity contribution in [1.29, 1.82) is 0 Å². The Bertz CT molecular complexity index is 286. The van der Waals surface area contributed by atoms with Crippen molar-refractivity contribution in [2.24, 2.45) is 0 Å². The van der Waals surface area contributed by atoms with Gasteiger partial charge in [-0.1, -0.05) is 5.57 Å². The third-order valence-corrected chi connectivity index (χ3v) is 1.50. The fourth-order valence-corrected chi connectivity index (χ4v) is 0.757. The smallest absolute Gasteiger partial charge is 0.233 e. The Labute approximate surface area is 78.5 Å². The fourth-order valence-electron chi connectivity index (χ4n) is 0.757. The lowest BCUT2D eigenvalue weighted by atomic mass is 10.3. The van der Waals surface area contributed by atoms with E-state index in [1.54, 1.807) is 0 Å². The first kappa shape index (κ1) is 9.71. The lowest BCUT2D eigenvalue weighted by molar-refractivity contribution is 0.342. The minimum absolute atomic E-state index is 0.556. The summed E-state index contributed by atoms with van der Waals surface area (Å²) >= 11 is 0. The van der Waals surface area contributed by atoms with Crippen LogP contribution in [0.4, 0.5) is 0 Å². The lowest BCUT2D eigenvalue weighted by Crippen LogP contribution is -1.98. The van der Waals surface area contributed by atoms with Crippen LogP contribution in [0.15, 0.2) is 23.8 Å². The Morgan fingerprint density at radius 1 is 1.38 bits per heavy atom. The predicted molar refractivity (Wildman–Crippen MR) is 51.7 cm³/mol. The maximum absolute atomic E-state index is 5.32. The van der Waals surface area contributed by atoms with Crippen LogP contribution in [-0.4, -0.2) is 16.8 Å². The maximum atomic E-state index is 5.32. The van der Waals surface area contributed by atoms with Crippen LogP contribution in [0.2, 0.25) is 0 Å². The molecule has 0 saturated heterocycles. The quantitative estimate of drug-likeness (QED) is 0.665. The van der Waals surface area contributed by atoms with Crippen molar-refractivity contribution in [2.75, 3.05) is 6.61 Å². The van der Waals surface area contributed by atoms with E-state index in [4.69, 9.17) is 4.74 Å². The summed E-state index contributed by atoms with van der Waals surface area (Å²) in [4.78, 5) is 0. The Morgan fingerprint density at radius 3 is 2.69 bits per heavy atom. The van der Waals surface area contributed by atoms with Crippen LogP contribution in [0.3, 0.4) is 0 Å². The van der Waals surface area contributed by atoms with Gasteiger partial charge in [0.25, 0.3) is 0 Å². The molecule has 3 nitrogen and oxygen atoms in total. The van der Waals surface area contributed by atoms with Gasteiger partial charge in [-0.25, -0.2) is 0 Å². The molecular formula is C10H14N2O. The first-order valence-electron chi connectivity index (χ1n) is 4.25. The monoisotopic (exact) mass is 178 g/mol. The van der Waals surface area contributed by atoms with Gasteiger partial charge in [0.2, 0.25) is 5.88 Å². The molecule has 3 heteroatoms. The van der Waals surface area contributed by atoms with Crippen molar-refractivity contribution in [3.8, 4) is 5.88 Å². The number of ether oxygens (including phenoxy) is 1. The van der Waals surface area contributed by atoms with E-state index in [1.165, 1.54) is 5.57 Å². The van der Waals surface area contributed by atoms with Gasteiger partial charge < -0.3 is 4.74 Å². The highest BCUT2D eigenvalue weighted by Crippen LogP contribution is 2.04.